The van der Waals surface area contributed by atoms with Crippen LogP contribution in [0.4, 0.5) is 11.5 Å². The van der Waals surface area contributed by atoms with E-state index in [1.54, 1.807) is 14.2 Å². The lowest BCUT2D eigenvalue weighted by molar-refractivity contribution is 0.132. The molecule has 182 valence electrons. The molecule has 0 atom stereocenters. The number of hydrogen-bond donors (Lipinski definition) is 2. The predicted octanol–water partition coefficient (Wildman–Crippen LogP) is 2.91. The third-order valence-electron chi connectivity index (χ3n) is 4.08. The summed E-state index contributed by atoms with van der Waals surface area (Å²) in [7, 11) is -0.417. The number of ether oxygens (including phenoxy) is 4. The van der Waals surface area contributed by atoms with Crippen LogP contribution >= 0.6 is 0 Å². The van der Waals surface area contributed by atoms with Crippen molar-refractivity contribution in [1.29, 1.82) is 0 Å². The number of anilines is 2. The predicted molar refractivity (Wildman–Crippen MR) is 129 cm³/mol. The molecule has 0 bridgehead atoms. The molecule has 0 spiro atoms. The number of benzene rings is 2. The third kappa shape index (κ3) is 9.21. The van der Waals surface area contributed by atoms with Crippen molar-refractivity contribution < 1.29 is 31.9 Å². The summed E-state index contributed by atoms with van der Waals surface area (Å²) in [6.07, 6.45) is 7.71. The Labute approximate surface area is 199 Å². The number of nitrogens with zero attached hydrogens (tertiary/aromatic N) is 2. The van der Waals surface area contributed by atoms with Crippen molar-refractivity contribution in [2.45, 2.75) is 0 Å². The van der Waals surface area contributed by atoms with Gasteiger partial charge in [0.25, 0.3) is 10.1 Å². The second kappa shape index (κ2) is 13.3. The van der Waals surface area contributed by atoms with Crippen LogP contribution in [0.3, 0.4) is 0 Å². The fourth-order valence-electron chi connectivity index (χ4n) is 2.68. The summed E-state index contributed by atoms with van der Waals surface area (Å²) < 4.78 is 47.7. The normalized spacial score (nSPS) is 10.7. The van der Waals surface area contributed by atoms with Gasteiger partial charge in [-0.05, 0) is 24.3 Å². The molecule has 10 nitrogen and oxygen atoms in total. The van der Waals surface area contributed by atoms with Crippen molar-refractivity contribution in [2.75, 3.05) is 52.2 Å². The second-order valence-corrected chi connectivity index (χ2v) is 8.27. The Morgan fingerprint density at radius 1 is 1.00 bits per heavy atom. The average Bonchev–Trinajstić information content (AvgIpc) is 2.79. The van der Waals surface area contributed by atoms with Crippen molar-refractivity contribution in [2.24, 2.45) is 0 Å². The maximum Gasteiger partial charge on any atom is 0.261 e. The number of hydrogen-bond acceptors (Lipinski definition) is 9. The largest absolute Gasteiger partial charge is 0.487 e. The van der Waals surface area contributed by atoms with Crippen LogP contribution in [0, 0.1) is 12.3 Å². The zero-order valence-electron chi connectivity index (χ0n) is 19.1. The number of methoxy groups -OCH3 is 2. The van der Waals surface area contributed by atoms with Crippen LogP contribution in [0.2, 0.25) is 0 Å². The molecule has 1 aromatic heterocycles. The molecule has 0 fully saturated rings. The molecule has 3 aromatic rings. The summed E-state index contributed by atoms with van der Waals surface area (Å²) in [6.45, 7) is 1.73. The van der Waals surface area contributed by atoms with Gasteiger partial charge < -0.3 is 24.3 Å². The van der Waals surface area contributed by atoms with Gasteiger partial charge in [-0.15, -0.1) is 6.42 Å². The lowest BCUT2D eigenvalue weighted by Crippen LogP contribution is -2.09. The zero-order chi connectivity index (χ0) is 25.0. The quantitative estimate of drug-likeness (QED) is 0.249. The molecular weight excluding hydrogens is 462 g/mol. The molecule has 0 saturated heterocycles. The minimum absolute atomic E-state index is 0.392. The summed E-state index contributed by atoms with van der Waals surface area (Å²) >= 11 is 0. The fraction of sp³-hybridized carbons (Fsp3) is 0.304. The van der Waals surface area contributed by atoms with Gasteiger partial charge in [0.2, 0.25) is 0 Å². The molecular formula is C23H27N3O7S. The molecule has 0 aliphatic heterocycles. The SMILES string of the molecule is C#Cc1cccc(Nc2ncnc3cc(OCCOC)c(OCCOC)cc23)c1.CS(=O)(=O)O. The molecule has 0 saturated carbocycles. The number of rotatable bonds is 10. The second-order valence-electron chi connectivity index (χ2n) is 6.80. The first-order valence-electron chi connectivity index (χ1n) is 10.0. The first kappa shape index (κ1) is 26.8. The molecule has 11 heteroatoms. The highest BCUT2D eigenvalue weighted by molar-refractivity contribution is 7.85. The summed E-state index contributed by atoms with van der Waals surface area (Å²) in [5.74, 6) is 4.44. The van der Waals surface area contributed by atoms with Gasteiger partial charge in [0.05, 0.1) is 25.0 Å². The van der Waals surface area contributed by atoms with E-state index in [4.69, 9.17) is 29.9 Å². The highest BCUT2D eigenvalue weighted by Gasteiger charge is 2.13. The van der Waals surface area contributed by atoms with E-state index in [9.17, 15) is 8.42 Å². The molecule has 0 amide bonds. The Bertz CT molecular complexity index is 1220. The first-order chi connectivity index (χ1) is 16.2. The number of fused-ring (bicyclic) bond motifs is 1. The van der Waals surface area contributed by atoms with Crippen molar-refractivity contribution in [1.82, 2.24) is 9.97 Å². The summed E-state index contributed by atoms with van der Waals surface area (Å²) in [5, 5.41) is 4.10. The summed E-state index contributed by atoms with van der Waals surface area (Å²) in [4.78, 5) is 8.75. The van der Waals surface area contributed by atoms with Crippen LogP contribution in [-0.2, 0) is 19.6 Å². The van der Waals surface area contributed by atoms with Gasteiger partial charge in [-0.1, -0.05) is 12.0 Å². The highest BCUT2D eigenvalue weighted by atomic mass is 32.2. The zero-order valence-corrected chi connectivity index (χ0v) is 20.0. The van der Waals surface area contributed by atoms with E-state index in [1.165, 1.54) is 6.33 Å². The van der Waals surface area contributed by atoms with Gasteiger partial charge in [-0.2, -0.15) is 8.42 Å². The Morgan fingerprint density at radius 2 is 1.62 bits per heavy atom. The van der Waals surface area contributed by atoms with Crippen molar-refractivity contribution in [3.8, 4) is 23.8 Å². The third-order valence-corrected chi connectivity index (χ3v) is 4.08. The molecule has 0 aliphatic carbocycles. The van der Waals surface area contributed by atoms with Gasteiger partial charge >= 0.3 is 0 Å². The maximum atomic E-state index is 9.19. The van der Waals surface area contributed by atoms with Crippen molar-refractivity contribution in [3.05, 3.63) is 48.3 Å². The van der Waals surface area contributed by atoms with Gasteiger partial charge in [0.15, 0.2) is 11.5 Å². The van der Waals surface area contributed by atoms with E-state index >= 15 is 0 Å². The molecule has 2 N–H and O–H groups in total. The molecule has 2 aromatic carbocycles. The van der Waals surface area contributed by atoms with E-state index in [-0.39, 0.29) is 0 Å². The molecule has 0 radical (unpaired) electrons. The van der Waals surface area contributed by atoms with Crippen LogP contribution in [-0.4, -0.2) is 69.8 Å². The molecule has 1 heterocycles. The van der Waals surface area contributed by atoms with E-state index < -0.39 is 10.1 Å². The highest BCUT2D eigenvalue weighted by Crippen LogP contribution is 2.35. The lowest BCUT2D eigenvalue weighted by Gasteiger charge is -2.15. The standard InChI is InChI=1S/C22H23N3O4.CH4O3S/c1-4-16-6-5-7-17(12-16)25-22-18-13-20(28-10-8-26-2)21(29-11-9-27-3)14-19(18)23-15-24-22;1-5(2,3)4/h1,5-7,12-15H,8-11H2,2-3H3,(H,23,24,25);1H3,(H,2,3,4). The smallest absolute Gasteiger partial charge is 0.261 e. The van der Waals surface area contributed by atoms with Crippen LogP contribution in [0.25, 0.3) is 10.9 Å². The van der Waals surface area contributed by atoms with Gasteiger partial charge in [-0.3, -0.25) is 4.55 Å². The van der Waals surface area contributed by atoms with Gasteiger partial charge in [0.1, 0.15) is 25.4 Å². The summed E-state index contributed by atoms with van der Waals surface area (Å²) in [5.41, 5.74) is 2.34. The van der Waals surface area contributed by atoms with E-state index in [0.29, 0.717) is 50.0 Å². The molecule has 34 heavy (non-hydrogen) atoms. The maximum absolute atomic E-state index is 9.19. The monoisotopic (exact) mass is 489 g/mol. The van der Waals surface area contributed by atoms with Crippen LogP contribution in [0.5, 0.6) is 11.5 Å². The number of nitrogens with one attached hydrogen (secondary N) is 1. The van der Waals surface area contributed by atoms with E-state index in [2.05, 4.69) is 21.2 Å². The molecule has 3 rings (SSSR count). The van der Waals surface area contributed by atoms with Gasteiger partial charge in [0, 0.05) is 36.9 Å². The minimum Gasteiger partial charge on any atom is -0.487 e. The Balaban J connectivity index is 0.000000739. The van der Waals surface area contributed by atoms with Crippen LogP contribution in [0.1, 0.15) is 5.56 Å². The Morgan fingerprint density at radius 3 is 2.21 bits per heavy atom. The first-order valence-corrected chi connectivity index (χ1v) is 11.9. The Kier molecular flexibility index (Phi) is 10.5. The fourth-order valence-corrected chi connectivity index (χ4v) is 2.68. The number of terminal acetylenes is 1. The summed E-state index contributed by atoms with van der Waals surface area (Å²) in [6, 6.07) is 11.3. The van der Waals surface area contributed by atoms with Crippen LogP contribution in [0.15, 0.2) is 42.7 Å². The van der Waals surface area contributed by atoms with Crippen LogP contribution < -0.4 is 14.8 Å². The topological polar surface area (TPSA) is 129 Å². The average molecular weight is 490 g/mol. The van der Waals surface area contributed by atoms with Crippen molar-refractivity contribution in [3.63, 3.8) is 0 Å². The van der Waals surface area contributed by atoms with Gasteiger partial charge in [-0.25, -0.2) is 9.97 Å². The molecule has 0 unspecified atom stereocenters. The van der Waals surface area contributed by atoms with E-state index in [1.807, 2.05) is 36.4 Å². The number of aromatic nitrogens is 2. The van der Waals surface area contributed by atoms with Crippen molar-refractivity contribution >= 4 is 32.5 Å². The molecule has 0 aliphatic rings. The Hall–Kier alpha value is -3.43. The van der Waals surface area contributed by atoms with E-state index in [0.717, 1.165) is 22.2 Å². The minimum atomic E-state index is -3.67. The lowest BCUT2D eigenvalue weighted by atomic mass is 10.2.